The number of rotatable bonds is 6. The minimum absolute atomic E-state index is 0.110. The van der Waals surface area contributed by atoms with Gasteiger partial charge in [0.15, 0.2) is 0 Å². The summed E-state index contributed by atoms with van der Waals surface area (Å²) in [5.74, 6) is -0.154. The van der Waals surface area contributed by atoms with E-state index in [0.29, 0.717) is 16.7 Å². The summed E-state index contributed by atoms with van der Waals surface area (Å²) in [4.78, 5) is 29.6. The van der Waals surface area contributed by atoms with Gasteiger partial charge in [-0.2, -0.15) is 0 Å². The molecule has 0 bridgehead atoms. The van der Waals surface area contributed by atoms with Gasteiger partial charge >= 0.3 is 5.69 Å². The van der Waals surface area contributed by atoms with Crippen molar-refractivity contribution in [2.24, 2.45) is 0 Å². The Morgan fingerprint density at radius 2 is 1.41 bits per heavy atom. The van der Waals surface area contributed by atoms with Crippen LogP contribution in [0.3, 0.4) is 0 Å². The van der Waals surface area contributed by atoms with Crippen LogP contribution in [0.25, 0.3) is 11.0 Å². The maximum atomic E-state index is 12.8. The Hall–Kier alpha value is -3.64. The third-order valence-corrected chi connectivity index (χ3v) is 4.86. The molecule has 3 aromatic carbocycles. The topological polar surface area (TPSA) is 89.8 Å². The Balaban J connectivity index is 1.52. The zero-order valence-electron chi connectivity index (χ0n) is 16.0. The van der Waals surface area contributed by atoms with E-state index in [4.69, 9.17) is 0 Å². The average molecular weight is 386 g/mol. The largest absolute Gasteiger partial charge is 0.325 e. The first-order chi connectivity index (χ1) is 14.1. The van der Waals surface area contributed by atoms with Crippen molar-refractivity contribution >= 4 is 22.6 Å². The van der Waals surface area contributed by atoms with Gasteiger partial charge in [-0.05, 0) is 36.2 Å². The van der Waals surface area contributed by atoms with Crippen LogP contribution >= 0.6 is 0 Å². The summed E-state index contributed by atoms with van der Waals surface area (Å²) in [7, 11) is 0. The van der Waals surface area contributed by atoms with Crippen molar-refractivity contribution in [1.29, 1.82) is 0 Å². The first-order valence-electron chi connectivity index (χ1n) is 9.49. The molecular formula is C23H22N4O2. The van der Waals surface area contributed by atoms with E-state index in [1.54, 1.807) is 18.2 Å². The quantitative estimate of drug-likeness (QED) is 0.408. The number of aromatic amines is 2. The number of aromatic nitrogens is 2. The minimum Gasteiger partial charge on any atom is -0.325 e. The number of hydrogen-bond acceptors (Lipinski definition) is 3. The van der Waals surface area contributed by atoms with E-state index < -0.39 is 6.04 Å². The summed E-state index contributed by atoms with van der Waals surface area (Å²) in [6, 6.07) is 24.8. The van der Waals surface area contributed by atoms with Crippen molar-refractivity contribution < 1.29 is 4.79 Å². The molecule has 0 radical (unpaired) electrons. The number of nitrogens with one attached hydrogen (secondary N) is 4. The lowest BCUT2D eigenvalue weighted by atomic mass is 9.98. The van der Waals surface area contributed by atoms with Gasteiger partial charge in [-0.25, -0.2) is 4.79 Å². The number of carbonyl (C=O) groups excluding carboxylic acids is 1. The van der Waals surface area contributed by atoms with Crippen LogP contribution in [-0.4, -0.2) is 21.9 Å². The standard InChI is InChI=1S/C23H22N4O2/c1-15(22(28)25-18-12-13-19-20(14-18)27-23(29)26-19)24-21(16-8-4-2-5-9-16)17-10-6-3-7-11-17/h2-15,21,24H,1H3,(H,25,28)(H2,26,27,29)/t15-/m0/s1. The molecule has 0 fully saturated rings. The fourth-order valence-corrected chi connectivity index (χ4v) is 3.36. The molecule has 4 N–H and O–H groups in total. The molecule has 146 valence electrons. The number of carbonyl (C=O) groups is 1. The van der Waals surface area contributed by atoms with E-state index in [9.17, 15) is 9.59 Å². The van der Waals surface area contributed by atoms with Crippen LogP contribution in [-0.2, 0) is 4.79 Å². The van der Waals surface area contributed by atoms with Crippen LogP contribution in [0.5, 0.6) is 0 Å². The molecule has 29 heavy (non-hydrogen) atoms. The maximum Gasteiger partial charge on any atom is 0.323 e. The molecule has 0 saturated carbocycles. The van der Waals surface area contributed by atoms with E-state index in [1.165, 1.54) is 0 Å². The molecule has 1 amide bonds. The van der Waals surface area contributed by atoms with E-state index >= 15 is 0 Å². The van der Waals surface area contributed by atoms with Gasteiger partial charge in [-0.15, -0.1) is 0 Å². The lowest BCUT2D eigenvalue weighted by Crippen LogP contribution is -2.40. The summed E-state index contributed by atoms with van der Waals surface area (Å²) in [6.45, 7) is 1.84. The predicted octanol–water partition coefficient (Wildman–Crippen LogP) is 3.56. The van der Waals surface area contributed by atoms with Crippen LogP contribution in [0, 0.1) is 0 Å². The Labute approximate surface area is 168 Å². The molecule has 4 aromatic rings. The number of hydrogen-bond donors (Lipinski definition) is 4. The Morgan fingerprint density at radius 3 is 2.03 bits per heavy atom. The highest BCUT2D eigenvalue weighted by atomic mass is 16.2. The van der Waals surface area contributed by atoms with Gasteiger partial charge in [0.05, 0.1) is 23.1 Å². The number of H-pyrrole nitrogens is 2. The second kappa shape index (κ2) is 8.16. The molecule has 6 nitrogen and oxygen atoms in total. The van der Waals surface area contributed by atoms with Crippen LogP contribution in [0.1, 0.15) is 24.1 Å². The van der Waals surface area contributed by atoms with Crippen LogP contribution in [0.2, 0.25) is 0 Å². The molecule has 0 unspecified atom stereocenters. The van der Waals surface area contributed by atoms with Crippen molar-refractivity contribution in [2.75, 3.05) is 5.32 Å². The summed E-state index contributed by atoms with van der Waals surface area (Å²) in [5.41, 5.74) is 3.89. The Morgan fingerprint density at radius 1 is 0.828 bits per heavy atom. The summed E-state index contributed by atoms with van der Waals surface area (Å²) in [5, 5.41) is 6.35. The normalized spacial score (nSPS) is 12.2. The van der Waals surface area contributed by atoms with Crippen molar-refractivity contribution in [1.82, 2.24) is 15.3 Å². The maximum absolute atomic E-state index is 12.8. The van der Waals surface area contributed by atoms with E-state index in [0.717, 1.165) is 11.1 Å². The first kappa shape index (κ1) is 18.7. The van der Waals surface area contributed by atoms with Gasteiger partial charge in [0.1, 0.15) is 0 Å². The smallest absolute Gasteiger partial charge is 0.323 e. The summed E-state index contributed by atoms with van der Waals surface area (Å²) < 4.78 is 0. The molecule has 0 spiro atoms. The SMILES string of the molecule is C[C@H](NC(c1ccccc1)c1ccccc1)C(=O)Nc1ccc2[nH]c(=O)[nH]c2c1. The number of benzene rings is 3. The van der Waals surface area contributed by atoms with Gasteiger partial charge < -0.3 is 15.3 Å². The van der Waals surface area contributed by atoms with Gasteiger partial charge in [0.25, 0.3) is 0 Å². The molecular weight excluding hydrogens is 364 g/mol. The Bertz CT molecular complexity index is 1130. The predicted molar refractivity (Wildman–Crippen MR) is 115 cm³/mol. The lowest BCUT2D eigenvalue weighted by molar-refractivity contribution is -0.117. The molecule has 0 aliphatic rings. The first-order valence-corrected chi connectivity index (χ1v) is 9.49. The second-order valence-corrected chi connectivity index (χ2v) is 6.97. The number of fused-ring (bicyclic) bond motifs is 1. The third-order valence-electron chi connectivity index (χ3n) is 4.86. The number of imidazole rings is 1. The van der Waals surface area contributed by atoms with E-state index in [2.05, 4.69) is 20.6 Å². The van der Waals surface area contributed by atoms with Crippen LogP contribution in [0.15, 0.2) is 83.7 Å². The van der Waals surface area contributed by atoms with Crippen molar-refractivity contribution in [3.63, 3.8) is 0 Å². The zero-order valence-corrected chi connectivity index (χ0v) is 16.0. The van der Waals surface area contributed by atoms with Crippen molar-refractivity contribution in [2.45, 2.75) is 19.0 Å². The fourth-order valence-electron chi connectivity index (χ4n) is 3.36. The van der Waals surface area contributed by atoms with E-state index in [-0.39, 0.29) is 17.6 Å². The lowest BCUT2D eigenvalue weighted by Gasteiger charge is -2.24. The number of anilines is 1. The van der Waals surface area contributed by atoms with E-state index in [1.807, 2.05) is 67.6 Å². The highest BCUT2D eigenvalue weighted by Crippen LogP contribution is 2.23. The van der Waals surface area contributed by atoms with Gasteiger partial charge in [0.2, 0.25) is 5.91 Å². The molecule has 1 aromatic heterocycles. The average Bonchev–Trinajstić information content (AvgIpc) is 3.12. The molecule has 0 saturated heterocycles. The highest BCUT2D eigenvalue weighted by molar-refractivity contribution is 5.96. The van der Waals surface area contributed by atoms with Crippen molar-refractivity contribution in [3.8, 4) is 0 Å². The number of amides is 1. The monoisotopic (exact) mass is 386 g/mol. The minimum atomic E-state index is -0.443. The molecule has 1 atom stereocenters. The van der Waals surface area contributed by atoms with Gasteiger partial charge in [-0.3, -0.25) is 10.1 Å². The third kappa shape index (κ3) is 4.28. The molecule has 1 heterocycles. The van der Waals surface area contributed by atoms with Crippen LogP contribution in [0.4, 0.5) is 5.69 Å². The molecule has 0 aliphatic heterocycles. The molecule has 6 heteroatoms. The summed E-state index contributed by atoms with van der Waals surface area (Å²) in [6.07, 6.45) is 0. The highest BCUT2D eigenvalue weighted by Gasteiger charge is 2.20. The molecule has 4 rings (SSSR count). The van der Waals surface area contributed by atoms with Crippen LogP contribution < -0.4 is 16.3 Å². The van der Waals surface area contributed by atoms with Crippen molar-refractivity contribution in [3.05, 3.63) is 100 Å². The molecule has 0 aliphatic carbocycles. The fraction of sp³-hybridized carbons (Fsp3) is 0.130. The van der Waals surface area contributed by atoms with Gasteiger partial charge in [-0.1, -0.05) is 60.7 Å². The van der Waals surface area contributed by atoms with Gasteiger partial charge in [0, 0.05) is 5.69 Å². The zero-order chi connectivity index (χ0) is 20.2. The Kier molecular flexibility index (Phi) is 5.27. The summed E-state index contributed by atoms with van der Waals surface area (Å²) >= 11 is 0. The second-order valence-electron chi connectivity index (χ2n) is 6.97.